The van der Waals surface area contributed by atoms with Crippen LogP contribution in [-0.2, 0) is 6.54 Å². The summed E-state index contributed by atoms with van der Waals surface area (Å²) in [4.78, 5) is 43.4. The first kappa shape index (κ1) is 23.6. The van der Waals surface area contributed by atoms with Gasteiger partial charge in [-0.05, 0) is 31.9 Å². The highest BCUT2D eigenvalue weighted by Gasteiger charge is 2.29. The number of halogens is 3. The Balaban J connectivity index is 1.41. The van der Waals surface area contributed by atoms with Crippen LogP contribution in [0.15, 0.2) is 35.4 Å². The van der Waals surface area contributed by atoms with Crippen LogP contribution in [0.5, 0.6) is 0 Å². The lowest BCUT2D eigenvalue weighted by atomic mass is 10.0. The molecule has 0 spiro atoms. The lowest BCUT2D eigenvalue weighted by molar-refractivity contribution is 0.0850. The molecule has 0 bridgehead atoms. The zero-order chi connectivity index (χ0) is 24.7. The molecule has 0 unspecified atom stereocenters. The minimum Gasteiger partial charge on any atom is -0.355 e. The van der Waals surface area contributed by atoms with Gasteiger partial charge >= 0.3 is 9.62 Å². The van der Waals surface area contributed by atoms with Gasteiger partial charge in [-0.15, -0.1) is 0 Å². The van der Waals surface area contributed by atoms with Gasteiger partial charge in [-0.1, -0.05) is 12.1 Å². The first-order valence-electron chi connectivity index (χ1n) is 11.3. The molecule has 2 N–H and O–H groups in total. The van der Waals surface area contributed by atoms with Crippen LogP contribution in [-0.4, -0.2) is 58.5 Å². The molecule has 0 radical (unpaired) electrons. The number of alkyl halides is 3. The van der Waals surface area contributed by atoms with Crippen LogP contribution in [0, 0.1) is 0 Å². The number of carbonyl (C=O) groups excluding carboxylic acids is 1. The van der Waals surface area contributed by atoms with Gasteiger partial charge in [0, 0.05) is 48.3 Å². The molecule has 13 heteroatoms. The number of benzene rings is 1. The van der Waals surface area contributed by atoms with Gasteiger partial charge in [0.15, 0.2) is 17.0 Å². The largest absolute Gasteiger partial charge is 0.355 e. The van der Waals surface area contributed by atoms with Gasteiger partial charge in [0.1, 0.15) is 6.33 Å². The second-order valence-electron chi connectivity index (χ2n) is 8.38. The number of amides is 1. The first-order valence-corrected chi connectivity index (χ1v) is 12.3. The average Bonchev–Trinajstić information content (AvgIpc) is 3.39. The maximum absolute atomic E-state index is 13.2. The number of nitrogens with zero attached hydrogens (tertiary/aromatic N) is 6. The van der Waals surface area contributed by atoms with E-state index in [9.17, 15) is 18.4 Å². The molecule has 1 amide bonds. The molecule has 1 aliphatic rings. The Bertz CT molecular complexity index is 1450. The van der Waals surface area contributed by atoms with E-state index in [1.807, 2.05) is 35.8 Å². The van der Waals surface area contributed by atoms with Crippen LogP contribution in [0.2, 0.25) is 0 Å². The molecule has 1 aromatic carbocycles. The molecule has 0 aliphatic carbocycles. The summed E-state index contributed by atoms with van der Waals surface area (Å²) >= 11 is 0.980. The van der Waals surface area contributed by atoms with Crippen molar-refractivity contribution in [2.45, 2.75) is 36.3 Å². The molecule has 1 saturated heterocycles. The van der Waals surface area contributed by atoms with Crippen molar-refractivity contribution in [3.05, 3.63) is 46.9 Å². The minimum atomic E-state index is -3.06. The van der Waals surface area contributed by atoms with Crippen molar-refractivity contribution in [1.29, 1.82) is 0 Å². The summed E-state index contributed by atoms with van der Waals surface area (Å²) in [5, 5.41) is 2.24. The number of anilines is 1. The van der Waals surface area contributed by atoms with E-state index in [0.29, 0.717) is 36.6 Å². The number of H-pyrrole nitrogens is 1. The molecule has 184 valence electrons. The van der Waals surface area contributed by atoms with Crippen molar-refractivity contribution in [3.8, 4) is 0 Å². The number of imidazole rings is 2. The van der Waals surface area contributed by atoms with E-state index in [0.717, 1.165) is 46.5 Å². The summed E-state index contributed by atoms with van der Waals surface area (Å²) in [5.41, 5.74) is 2.49. The highest BCUT2D eigenvalue weighted by atomic mass is 127. The van der Waals surface area contributed by atoms with Crippen LogP contribution in [0.25, 0.3) is 22.2 Å². The first-order chi connectivity index (χ1) is 16.8. The number of nitrogens with one attached hydrogen (secondary N) is 2. The monoisotopic (exact) mass is 596 g/mol. The van der Waals surface area contributed by atoms with E-state index in [4.69, 9.17) is 0 Å². The summed E-state index contributed by atoms with van der Waals surface area (Å²) in [6.45, 7) is 2.69. The van der Waals surface area contributed by atoms with Gasteiger partial charge < -0.3 is 19.8 Å². The number of aryl methyl sites for hydroxylation is 1. The van der Waals surface area contributed by atoms with Crippen molar-refractivity contribution in [3.63, 3.8) is 0 Å². The molecule has 4 heterocycles. The highest BCUT2D eigenvalue weighted by molar-refractivity contribution is 14.1. The summed E-state index contributed by atoms with van der Waals surface area (Å²) in [6, 6.07) is 7.67. The van der Waals surface area contributed by atoms with E-state index in [1.165, 1.54) is 6.33 Å². The number of hydrogen-bond donors (Lipinski definition) is 2. The predicted octanol–water partition coefficient (Wildman–Crippen LogP) is 3.09. The highest BCUT2D eigenvalue weighted by Crippen LogP contribution is 2.30. The van der Waals surface area contributed by atoms with Crippen molar-refractivity contribution in [2.75, 3.05) is 24.5 Å². The SMILES string of the molecule is CCn1c(C(=O)NCC(F)(F)I)nc2c(N3CCC(n4c(=O)[nH]c5ccccc54)CC3)ncnc21. The summed E-state index contributed by atoms with van der Waals surface area (Å²) in [6.07, 6.45) is 2.86. The molecule has 0 saturated carbocycles. The normalized spacial score (nSPS) is 15.3. The third-order valence-electron chi connectivity index (χ3n) is 6.23. The molecule has 4 aromatic rings. The van der Waals surface area contributed by atoms with Gasteiger partial charge in [-0.3, -0.25) is 9.36 Å². The Morgan fingerprint density at radius 3 is 2.71 bits per heavy atom. The van der Waals surface area contributed by atoms with E-state index in [-0.39, 0.29) is 17.6 Å². The van der Waals surface area contributed by atoms with Crippen molar-refractivity contribution >= 4 is 56.5 Å². The number of hydrogen-bond acceptors (Lipinski definition) is 6. The second-order valence-corrected chi connectivity index (χ2v) is 9.96. The smallest absolute Gasteiger partial charge is 0.326 e. The average molecular weight is 596 g/mol. The summed E-state index contributed by atoms with van der Waals surface area (Å²) in [5.74, 6) is -0.0881. The number of rotatable bonds is 6. The number of aromatic amines is 1. The molecule has 1 aliphatic heterocycles. The molecule has 35 heavy (non-hydrogen) atoms. The molecular weight excluding hydrogens is 573 g/mol. The fourth-order valence-electron chi connectivity index (χ4n) is 4.66. The fourth-order valence-corrected chi connectivity index (χ4v) is 4.85. The third-order valence-corrected chi connectivity index (χ3v) is 6.62. The number of carbonyl (C=O) groups is 1. The Morgan fingerprint density at radius 1 is 1.26 bits per heavy atom. The van der Waals surface area contributed by atoms with Gasteiger partial charge in [0.05, 0.1) is 17.6 Å². The third kappa shape index (κ3) is 4.48. The van der Waals surface area contributed by atoms with Crippen molar-refractivity contribution < 1.29 is 13.6 Å². The van der Waals surface area contributed by atoms with Gasteiger partial charge in [0.2, 0.25) is 5.82 Å². The van der Waals surface area contributed by atoms with Crippen molar-refractivity contribution in [2.24, 2.45) is 0 Å². The number of fused-ring (bicyclic) bond motifs is 2. The Kier molecular flexibility index (Phi) is 6.19. The van der Waals surface area contributed by atoms with E-state index >= 15 is 0 Å². The Hall–Kier alpha value is -3.10. The molecule has 5 rings (SSSR count). The topological polar surface area (TPSA) is 114 Å². The van der Waals surface area contributed by atoms with E-state index in [2.05, 4.69) is 30.2 Å². The number of piperidine rings is 1. The minimum absolute atomic E-state index is 0.0186. The van der Waals surface area contributed by atoms with Crippen LogP contribution in [0.1, 0.15) is 36.4 Å². The predicted molar refractivity (Wildman–Crippen MR) is 135 cm³/mol. The van der Waals surface area contributed by atoms with Crippen LogP contribution in [0.3, 0.4) is 0 Å². The van der Waals surface area contributed by atoms with E-state index < -0.39 is 16.4 Å². The maximum Gasteiger partial charge on any atom is 0.326 e. The zero-order valence-electron chi connectivity index (χ0n) is 18.8. The molecule has 3 aromatic heterocycles. The van der Waals surface area contributed by atoms with Gasteiger partial charge in [-0.25, -0.2) is 19.7 Å². The zero-order valence-corrected chi connectivity index (χ0v) is 21.0. The number of para-hydroxylation sites is 2. The second kappa shape index (κ2) is 9.17. The lowest BCUT2D eigenvalue weighted by Gasteiger charge is -2.33. The summed E-state index contributed by atoms with van der Waals surface area (Å²) in [7, 11) is 0. The van der Waals surface area contributed by atoms with Crippen LogP contribution >= 0.6 is 22.6 Å². The maximum atomic E-state index is 13.2. The molecule has 10 nitrogen and oxygen atoms in total. The van der Waals surface area contributed by atoms with Crippen LogP contribution in [0.4, 0.5) is 14.6 Å². The summed E-state index contributed by atoms with van der Waals surface area (Å²) < 4.78 is 26.8. The molecular formula is C22H23F2IN8O2. The lowest BCUT2D eigenvalue weighted by Crippen LogP contribution is -2.37. The van der Waals surface area contributed by atoms with Gasteiger partial charge in [0.25, 0.3) is 5.91 Å². The van der Waals surface area contributed by atoms with Crippen molar-refractivity contribution in [1.82, 2.24) is 34.4 Å². The Morgan fingerprint density at radius 2 is 2.00 bits per heavy atom. The molecule has 0 atom stereocenters. The quantitative estimate of drug-likeness (QED) is 0.262. The standard InChI is InChI=1S/C22H23F2IN8O2/c1-2-32-18-16(30-19(32)20(34)26-11-22(23,24)25)17(27-12-28-18)31-9-7-13(8-10-31)33-15-6-4-3-5-14(15)29-21(33)35/h3-6,12-13H,2,7-11H2,1H3,(H,26,34)(H,29,35). The number of aromatic nitrogens is 6. The molecule has 1 fully saturated rings. The van der Waals surface area contributed by atoms with Gasteiger partial charge in [-0.2, -0.15) is 8.78 Å². The Labute approximate surface area is 211 Å². The van der Waals surface area contributed by atoms with Crippen LogP contribution < -0.4 is 15.9 Å². The fraction of sp³-hybridized carbons (Fsp3) is 0.409. The van der Waals surface area contributed by atoms with E-state index in [1.54, 1.807) is 4.57 Å².